The molecule has 33 heavy (non-hydrogen) atoms. The Hall–Kier alpha value is -4.06. The summed E-state index contributed by atoms with van der Waals surface area (Å²) in [6.45, 7) is 5.17. The number of ether oxygens (including phenoxy) is 2. The van der Waals surface area contributed by atoms with E-state index in [1.165, 1.54) is 4.90 Å². The number of nitrogens with one attached hydrogen (secondary N) is 1. The molecule has 0 aliphatic carbocycles. The summed E-state index contributed by atoms with van der Waals surface area (Å²) >= 11 is 0. The standard InChI is InChI=1S/C27H24N2O4/c1-17-3-7-19(8-4-17)16-29-26(30)24(20-9-5-18(2)6-10-20)25(27(29)31)28-21-11-12-22-23(15-21)33-14-13-32-22/h3-12,15,28H,13-14,16H2,1-2H3. The number of rotatable bonds is 5. The molecule has 2 heterocycles. The lowest BCUT2D eigenvalue weighted by Gasteiger charge is -2.19. The van der Waals surface area contributed by atoms with Crippen molar-refractivity contribution in [3.63, 3.8) is 0 Å². The maximum atomic E-state index is 13.5. The Bertz CT molecular complexity index is 1260. The third-order valence-electron chi connectivity index (χ3n) is 5.78. The first-order valence-corrected chi connectivity index (χ1v) is 10.9. The molecule has 0 aromatic heterocycles. The Morgan fingerprint density at radius 1 is 0.788 bits per heavy atom. The summed E-state index contributed by atoms with van der Waals surface area (Å²) in [5.74, 6) is 0.599. The largest absolute Gasteiger partial charge is 0.486 e. The van der Waals surface area contributed by atoms with Crippen molar-refractivity contribution in [3.05, 3.63) is 94.7 Å². The van der Waals surface area contributed by atoms with Crippen LogP contribution in [0.15, 0.2) is 72.4 Å². The predicted octanol–water partition coefficient (Wildman–Crippen LogP) is 4.47. The average Bonchev–Trinajstić information content (AvgIpc) is 3.05. The number of carbonyl (C=O) groups excluding carboxylic acids is 2. The molecule has 0 radical (unpaired) electrons. The third-order valence-corrected chi connectivity index (χ3v) is 5.78. The fraction of sp³-hybridized carbons (Fsp3) is 0.185. The highest BCUT2D eigenvalue weighted by Crippen LogP contribution is 2.36. The zero-order valence-corrected chi connectivity index (χ0v) is 18.6. The van der Waals surface area contributed by atoms with Gasteiger partial charge in [-0.2, -0.15) is 0 Å². The third kappa shape index (κ3) is 4.07. The van der Waals surface area contributed by atoms with Gasteiger partial charge in [0.15, 0.2) is 11.5 Å². The monoisotopic (exact) mass is 440 g/mol. The molecule has 1 N–H and O–H groups in total. The normalized spacial score (nSPS) is 15.3. The van der Waals surface area contributed by atoms with Crippen LogP contribution in [0.25, 0.3) is 5.57 Å². The van der Waals surface area contributed by atoms with Gasteiger partial charge < -0.3 is 14.8 Å². The Morgan fingerprint density at radius 2 is 1.42 bits per heavy atom. The number of imide groups is 1. The van der Waals surface area contributed by atoms with Crippen LogP contribution in [0.2, 0.25) is 0 Å². The first-order valence-electron chi connectivity index (χ1n) is 10.9. The molecule has 0 saturated carbocycles. The van der Waals surface area contributed by atoms with Crippen molar-refractivity contribution in [2.45, 2.75) is 20.4 Å². The van der Waals surface area contributed by atoms with Crippen LogP contribution in [0.1, 0.15) is 22.3 Å². The molecule has 0 unspecified atom stereocenters. The van der Waals surface area contributed by atoms with E-state index in [0.29, 0.717) is 41.5 Å². The number of hydrogen-bond acceptors (Lipinski definition) is 5. The summed E-state index contributed by atoms with van der Waals surface area (Å²) in [6.07, 6.45) is 0. The van der Waals surface area contributed by atoms with Gasteiger partial charge >= 0.3 is 0 Å². The second kappa shape index (κ2) is 8.47. The van der Waals surface area contributed by atoms with E-state index in [-0.39, 0.29) is 24.1 Å². The van der Waals surface area contributed by atoms with Crippen molar-refractivity contribution in [1.82, 2.24) is 4.90 Å². The van der Waals surface area contributed by atoms with E-state index in [1.807, 2.05) is 68.4 Å². The van der Waals surface area contributed by atoms with Crippen LogP contribution in [0.3, 0.4) is 0 Å². The van der Waals surface area contributed by atoms with Gasteiger partial charge in [0.05, 0.1) is 12.1 Å². The molecule has 6 heteroatoms. The van der Waals surface area contributed by atoms with Gasteiger partial charge in [-0.25, -0.2) is 0 Å². The Labute approximate surface area is 192 Å². The van der Waals surface area contributed by atoms with Gasteiger partial charge in [-0.3, -0.25) is 14.5 Å². The lowest BCUT2D eigenvalue weighted by molar-refractivity contribution is -0.137. The van der Waals surface area contributed by atoms with Crippen molar-refractivity contribution < 1.29 is 19.1 Å². The number of hydrogen-bond donors (Lipinski definition) is 1. The molecule has 5 rings (SSSR count). The zero-order chi connectivity index (χ0) is 22.9. The number of fused-ring (bicyclic) bond motifs is 1. The van der Waals surface area contributed by atoms with Crippen molar-refractivity contribution >= 4 is 23.1 Å². The maximum Gasteiger partial charge on any atom is 0.278 e. The summed E-state index contributed by atoms with van der Waals surface area (Å²) in [5.41, 5.74) is 5.06. The fourth-order valence-corrected chi connectivity index (χ4v) is 3.97. The smallest absolute Gasteiger partial charge is 0.278 e. The molecule has 2 amide bonds. The molecule has 0 bridgehead atoms. The van der Waals surface area contributed by atoms with Gasteiger partial charge in [0.1, 0.15) is 18.9 Å². The number of amides is 2. The molecule has 0 saturated heterocycles. The Balaban J connectivity index is 1.51. The topological polar surface area (TPSA) is 67.9 Å². The molecule has 3 aromatic carbocycles. The second-order valence-electron chi connectivity index (χ2n) is 8.28. The first kappa shape index (κ1) is 20.8. The van der Waals surface area contributed by atoms with Crippen molar-refractivity contribution in [2.75, 3.05) is 18.5 Å². The number of anilines is 1. The SMILES string of the molecule is Cc1ccc(CN2C(=O)C(Nc3ccc4c(c3)OCCO4)=C(c3ccc(C)cc3)C2=O)cc1. The van der Waals surface area contributed by atoms with Crippen LogP contribution in [0, 0.1) is 13.8 Å². The molecule has 166 valence electrons. The summed E-state index contributed by atoms with van der Waals surface area (Å²) in [5, 5.41) is 3.19. The van der Waals surface area contributed by atoms with Gasteiger partial charge in [-0.1, -0.05) is 59.7 Å². The summed E-state index contributed by atoms with van der Waals surface area (Å²) < 4.78 is 11.3. The second-order valence-corrected chi connectivity index (χ2v) is 8.28. The minimum atomic E-state index is -0.356. The first-order chi connectivity index (χ1) is 16.0. The molecule has 2 aliphatic rings. The molecular weight excluding hydrogens is 416 g/mol. The number of aryl methyl sites for hydroxylation is 2. The Morgan fingerprint density at radius 3 is 2.12 bits per heavy atom. The summed E-state index contributed by atoms with van der Waals surface area (Å²) in [6, 6.07) is 20.8. The highest BCUT2D eigenvalue weighted by Gasteiger charge is 2.39. The molecule has 0 fully saturated rings. The highest BCUT2D eigenvalue weighted by molar-refractivity contribution is 6.36. The van der Waals surface area contributed by atoms with E-state index >= 15 is 0 Å². The van der Waals surface area contributed by atoms with Crippen LogP contribution in [-0.4, -0.2) is 29.9 Å². The van der Waals surface area contributed by atoms with Crippen LogP contribution in [-0.2, 0) is 16.1 Å². The van der Waals surface area contributed by atoms with E-state index in [1.54, 1.807) is 12.1 Å². The lowest BCUT2D eigenvalue weighted by atomic mass is 10.0. The lowest BCUT2D eigenvalue weighted by Crippen LogP contribution is -2.32. The summed E-state index contributed by atoms with van der Waals surface area (Å²) in [7, 11) is 0. The van der Waals surface area contributed by atoms with E-state index < -0.39 is 0 Å². The van der Waals surface area contributed by atoms with Gasteiger partial charge in [0, 0.05) is 11.8 Å². The van der Waals surface area contributed by atoms with E-state index in [2.05, 4.69) is 5.32 Å². The maximum absolute atomic E-state index is 13.5. The Kier molecular flexibility index (Phi) is 5.34. The predicted molar refractivity (Wildman–Crippen MR) is 126 cm³/mol. The molecule has 0 atom stereocenters. The number of carbonyl (C=O) groups is 2. The van der Waals surface area contributed by atoms with E-state index in [4.69, 9.17) is 9.47 Å². The van der Waals surface area contributed by atoms with Crippen molar-refractivity contribution in [3.8, 4) is 11.5 Å². The van der Waals surface area contributed by atoms with E-state index in [9.17, 15) is 9.59 Å². The minimum Gasteiger partial charge on any atom is -0.486 e. The minimum absolute atomic E-state index is 0.208. The van der Waals surface area contributed by atoms with Crippen LogP contribution in [0.4, 0.5) is 5.69 Å². The van der Waals surface area contributed by atoms with Crippen LogP contribution in [0.5, 0.6) is 11.5 Å². The van der Waals surface area contributed by atoms with Gasteiger partial charge in [0.25, 0.3) is 11.8 Å². The van der Waals surface area contributed by atoms with E-state index in [0.717, 1.165) is 16.7 Å². The van der Waals surface area contributed by atoms with Crippen molar-refractivity contribution in [1.29, 1.82) is 0 Å². The molecule has 2 aliphatic heterocycles. The fourth-order valence-electron chi connectivity index (χ4n) is 3.97. The van der Waals surface area contributed by atoms with Crippen molar-refractivity contribution in [2.24, 2.45) is 0 Å². The zero-order valence-electron chi connectivity index (χ0n) is 18.6. The van der Waals surface area contributed by atoms with Gasteiger partial charge in [-0.15, -0.1) is 0 Å². The van der Waals surface area contributed by atoms with Gasteiger partial charge in [0.2, 0.25) is 0 Å². The molecular formula is C27H24N2O4. The highest BCUT2D eigenvalue weighted by atomic mass is 16.6. The average molecular weight is 440 g/mol. The number of nitrogens with zero attached hydrogens (tertiary/aromatic N) is 1. The molecule has 3 aromatic rings. The molecule has 0 spiro atoms. The van der Waals surface area contributed by atoms with Crippen LogP contribution >= 0.6 is 0 Å². The van der Waals surface area contributed by atoms with Gasteiger partial charge in [-0.05, 0) is 37.1 Å². The quantitative estimate of drug-likeness (QED) is 0.593. The molecule has 6 nitrogen and oxygen atoms in total. The van der Waals surface area contributed by atoms with Crippen LogP contribution < -0.4 is 14.8 Å². The summed E-state index contributed by atoms with van der Waals surface area (Å²) in [4.78, 5) is 28.2. The number of benzene rings is 3.